The molecule has 128 valence electrons. The average molecular weight is 337 g/mol. The highest BCUT2D eigenvalue weighted by atomic mass is 16.5. The van der Waals surface area contributed by atoms with Crippen molar-refractivity contribution < 1.29 is 9.53 Å². The van der Waals surface area contributed by atoms with Crippen molar-refractivity contribution in [2.24, 2.45) is 12.8 Å². The second-order valence-electron chi connectivity index (χ2n) is 5.65. The zero-order chi connectivity index (χ0) is 17.8. The number of aromatic nitrogens is 3. The van der Waals surface area contributed by atoms with E-state index in [0.717, 1.165) is 16.9 Å². The summed E-state index contributed by atoms with van der Waals surface area (Å²) in [5, 5.41) is 7.61. The van der Waals surface area contributed by atoms with Crippen LogP contribution in [0.4, 0.5) is 5.69 Å². The number of nitrogens with two attached hydrogens (primary N) is 1. The Kier molecular flexibility index (Phi) is 4.65. The number of amides is 1. The van der Waals surface area contributed by atoms with Crippen molar-refractivity contribution in [2.45, 2.75) is 13.5 Å². The molecule has 0 aliphatic rings. The van der Waals surface area contributed by atoms with E-state index >= 15 is 0 Å². The van der Waals surface area contributed by atoms with Gasteiger partial charge in [-0.1, -0.05) is 6.07 Å². The highest BCUT2D eigenvalue weighted by Gasteiger charge is 2.05. The maximum atomic E-state index is 11.2. The fourth-order valence-corrected chi connectivity index (χ4v) is 2.40. The first-order chi connectivity index (χ1) is 12.0. The van der Waals surface area contributed by atoms with E-state index in [0.29, 0.717) is 23.7 Å². The van der Waals surface area contributed by atoms with Crippen LogP contribution in [0.3, 0.4) is 0 Å². The van der Waals surface area contributed by atoms with E-state index in [2.05, 4.69) is 15.4 Å². The highest BCUT2D eigenvalue weighted by molar-refractivity contribution is 5.93. The zero-order valence-electron chi connectivity index (χ0n) is 14.1. The van der Waals surface area contributed by atoms with Gasteiger partial charge in [0.1, 0.15) is 5.75 Å². The molecule has 1 amide bonds. The fraction of sp³-hybridized carbons (Fsp3) is 0.167. The van der Waals surface area contributed by atoms with Crippen LogP contribution in [0.25, 0.3) is 0 Å². The first-order valence-corrected chi connectivity index (χ1v) is 7.78. The van der Waals surface area contributed by atoms with Gasteiger partial charge in [0.25, 0.3) is 0 Å². The Morgan fingerprint density at radius 2 is 2.16 bits per heavy atom. The summed E-state index contributed by atoms with van der Waals surface area (Å²) in [5.41, 5.74) is 8.66. The minimum absolute atomic E-state index is 0.391. The predicted octanol–water partition coefficient (Wildman–Crippen LogP) is 2.63. The van der Waals surface area contributed by atoms with E-state index in [-0.39, 0.29) is 0 Å². The number of anilines is 1. The van der Waals surface area contributed by atoms with E-state index in [4.69, 9.17) is 10.5 Å². The number of carbonyl (C=O) groups is 1. The number of pyridine rings is 1. The van der Waals surface area contributed by atoms with Crippen molar-refractivity contribution in [1.82, 2.24) is 14.8 Å². The molecular formula is C18H19N5O2. The minimum Gasteiger partial charge on any atom is -0.439 e. The highest BCUT2D eigenvalue weighted by Crippen LogP contribution is 2.21. The van der Waals surface area contributed by atoms with Gasteiger partial charge >= 0.3 is 0 Å². The Balaban J connectivity index is 1.63. The molecule has 0 unspecified atom stereocenters. The lowest BCUT2D eigenvalue weighted by atomic mass is 10.2. The van der Waals surface area contributed by atoms with Gasteiger partial charge < -0.3 is 15.8 Å². The molecule has 2 aromatic heterocycles. The number of carbonyl (C=O) groups excluding carboxylic acids is 1. The molecule has 25 heavy (non-hydrogen) atoms. The van der Waals surface area contributed by atoms with Crippen molar-refractivity contribution in [2.75, 3.05) is 5.32 Å². The number of hydrogen-bond acceptors (Lipinski definition) is 5. The number of ether oxygens (including phenoxy) is 1. The Labute approximate surface area is 145 Å². The van der Waals surface area contributed by atoms with E-state index in [9.17, 15) is 4.79 Å². The van der Waals surface area contributed by atoms with Gasteiger partial charge in [-0.2, -0.15) is 5.10 Å². The minimum atomic E-state index is -0.497. The van der Waals surface area contributed by atoms with Crippen LogP contribution < -0.4 is 15.8 Å². The molecule has 7 nitrogen and oxygen atoms in total. The molecule has 0 fully saturated rings. The van der Waals surface area contributed by atoms with Crippen LogP contribution >= 0.6 is 0 Å². The van der Waals surface area contributed by atoms with Crippen LogP contribution in [0.1, 0.15) is 21.6 Å². The second-order valence-corrected chi connectivity index (χ2v) is 5.65. The number of rotatable bonds is 6. The summed E-state index contributed by atoms with van der Waals surface area (Å²) in [6.45, 7) is 2.65. The van der Waals surface area contributed by atoms with Gasteiger partial charge in [0.2, 0.25) is 11.8 Å². The summed E-state index contributed by atoms with van der Waals surface area (Å²) >= 11 is 0. The summed E-state index contributed by atoms with van der Waals surface area (Å²) in [6.07, 6.45) is 3.68. The van der Waals surface area contributed by atoms with Crippen molar-refractivity contribution in [3.63, 3.8) is 0 Å². The van der Waals surface area contributed by atoms with Crippen LogP contribution in [0.5, 0.6) is 11.6 Å². The van der Waals surface area contributed by atoms with E-state index in [1.165, 1.54) is 0 Å². The van der Waals surface area contributed by atoms with Gasteiger partial charge in [0.15, 0.2) is 0 Å². The van der Waals surface area contributed by atoms with Crippen molar-refractivity contribution in [3.8, 4) is 11.6 Å². The van der Waals surface area contributed by atoms with Crippen molar-refractivity contribution >= 4 is 11.6 Å². The fourth-order valence-electron chi connectivity index (χ4n) is 2.40. The lowest BCUT2D eigenvalue weighted by molar-refractivity contribution is 0.1000. The number of hydrogen-bond donors (Lipinski definition) is 2. The molecule has 0 radical (unpaired) electrons. The quantitative estimate of drug-likeness (QED) is 0.721. The van der Waals surface area contributed by atoms with Crippen molar-refractivity contribution in [3.05, 3.63) is 65.6 Å². The van der Waals surface area contributed by atoms with Crippen LogP contribution in [-0.4, -0.2) is 20.7 Å². The summed E-state index contributed by atoms with van der Waals surface area (Å²) in [4.78, 5) is 15.5. The smallest absolute Gasteiger partial charge is 0.248 e. The topological polar surface area (TPSA) is 95.1 Å². The number of aryl methyl sites for hydroxylation is 2. The van der Waals surface area contributed by atoms with Crippen LogP contribution in [-0.2, 0) is 13.6 Å². The zero-order valence-corrected chi connectivity index (χ0v) is 14.1. The summed E-state index contributed by atoms with van der Waals surface area (Å²) in [6, 6.07) is 10.3. The Bertz CT molecular complexity index is 887. The SMILES string of the molecule is Cc1nn(C)cc1CNc1ccc(Oc2cccc(C(N)=O)c2)nc1. The molecule has 3 N–H and O–H groups in total. The number of nitrogens with zero attached hydrogens (tertiary/aromatic N) is 3. The molecule has 0 saturated carbocycles. The van der Waals surface area contributed by atoms with E-state index in [1.807, 2.05) is 26.2 Å². The van der Waals surface area contributed by atoms with E-state index < -0.39 is 5.91 Å². The lowest BCUT2D eigenvalue weighted by Gasteiger charge is -2.08. The number of nitrogens with one attached hydrogen (secondary N) is 1. The number of primary amides is 1. The molecule has 0 bridgehead atoms. The molecule has 7 heteroatoms. The summed E-state index contributed by atoms with van der Waals surface area (Å²) < 4.78 is 7.44. The summed E-state index contributed by atoms with van der Waals surface area (Å²) in [5.74, 6) is 0.448. The molecule has 2 heterocycles. The molecule has 0 aliphatic carbocycles. The Morgan fingerprint density at radius 1 is 1.32 bits per heavy atom. The third-order valence-corrected chi connectivity index (χ3v) is 3.68. The first-order valence-electron chi connectivity index (χ1n) is 7.78. The van der Waals surface area contributed by atoms with Gasteiger partial charge in [-0.15, -0.1) is 0 Å². The van der Waals surface area contributed by atoms with Gasteiger partial charge in [-0.05, 0) is 31.2 Å². The molecule has 1 aromatic carbocycles. The van der Waals surface area contributed by atoms with Crippen LogP contribution in [0, 0.1) is 6.92 Å². The largest absolute Gasteiger partial charge is 0.439 e. The second kappa shape index (κ2) is 7.04. The molecule has 0 aliphatic heterocycles. The standard InChI is InChI=1S/C18H19N5O2/c1-12-14(11-23(2)22-12)9-20-15-6-7-17(21-10-15)25-16-5-3-4-13(8-16)18(19)24/h3-8,10-11,20H,9H2,1-2H3,(H2,19,24). The van der Waals surface area contributed by atoms with Crippen LogP contribution in [0.2, 0.25) is 0 Å². The Hall–Kier alpha value is -3.35. The van der Waals surface area contributed by atoms with Crippen molar-refractivity contribution in [1.29, 1.82) is 0 Å². The third-order valence-electron chi connectivity index (χ3n) is 3.68. The average Bonchev–Trinajstić information content (AvgIpc) is 2.92. The Morgan fingerprint density at radius 3 is 2.80 bits per heavy atom. The predicted molar refractivity (Wildman–Crippen MR) is 94.5 cm³/mol. The normalized spacial score (nSPS) is 10.5. The molecule has 0 atom stereocenters. The maximum Gasteiger partial charge on any atom is 0.248 e. The molecule has 0 saturated heterocycles. The number of benzene rings is 1. The molecule has 3 aromatic rings. The third kappa shape index (κ3) is 4.14. The van der Waals surface area contributed by atoms with Gasteiger partial charge in [-0.3, -0.25) is 9.48 Å². The first kappa shape index (κ1) is 16.5. The lowest BCUT2D eigenvalue weighted by Crippen LogP contribution is -2.10. The monoisotopic (exact) mass is 337 g/mol. The van der Waals surface area contributed by atoms with Gasteiger partial charge in [-0.25, -0.2) is 4.98 Å². The summed E-state index contributed by atoms with van der Waals surface area (Å²) in [7, 11) is 1.90. The molecular weight excluding hydrogens is 318 g/mol. The maximum absolute atomic E-state index is 11.2. The van der Waals surface area contributed by atoms with Gasteiger partial charge in [0.05, 0.1) is 17.6 Å². The van der Waals surface area contributed by atoms with Crippen LogP contribution in [0.15, 0.2) is 48.8 Å². The van der Waals surface area contributed by atoms with Gasteiger partial charge in [0, 0.05) is 37.0 Å². The molecule has 3 rings (SSSR count). The molecule has 0 spiro atoms. The van der Waals surface area contributed by atoms with E-state index in [1.54, 1.807) is 41.2 Å².